The Morgan fingerprint density at radius 2 is 1.88 bits per heavy atom. The largest absolute Gasteiger partial charge is 0.320 e. The summed E-state index contributed by atoms with van der Waals surface area (Å²) in [7, 11) is 2.01. The highest BCUT2D eigenvalue weighted by molar-refractivity contribution is 5.02. The fraction of sp³-hybridized carbons (Fsp3) is 0.615. The number of nitrogens with zero attached hydrogens (tertiary/aromatic N) is 1. The summed E-state index contributed by atoms with van der Waals surface area (Å²) in [5.41, 5.74) is 1.12. The SMILES string of the molecule is CNCCCCCCNCc1ccccn1. The van der Waals surface area contributed by atoms with E-state index in [0.717, 1.165) is 25.3 Å². The van der Waals surface area contributed by atoms with Gasteiger partial charge in [-0.25, -0.2) is 0 Å². The van der Waals surface area contributed by atoms with Crippen molar-refractivity contribution in [2.45, 2.75) is 32.2 Å². The molecule has 2 N–H and O–H groups in total. The van der Waals surface area contributed by atoms with Gasteiger partial charge in [-0.15, -0.1) is 0 Å². The highest BCUT2D eigenvalue weighted by Crippen LogP contribution is 1.98. The van der Waals surface area contributed by atoms with Gasteiger partial charge in [-0.05, 0) is 45.1 Å². The molecule has 1 rings (SSSR count). The molecule has 0 bridgehead atoms. The van der Waals surface area contributed by atoms with E-state index in [0.29, 0.717) is 0 Å². The fourth-order valence-electron chi connectivity index (χ4n) is 1.62. The molecule has 1 heterocycles. The van der Waals surface area contributed by atoms with Crippen molar-refractivity contribution in [3.63, 3.8) is 0 Å². The van der Waals surface area contributed by atoms with E-state index in [-0.39, 0.29) is 0 Å². The van der Waals surface area contributed by atoms with Gasteiger partial charge in [-0.1, -0.05) is 18.9 Å². The molecule has 0 aliphatic rings. The van der Waals surface area contributed by atoms with Crippen molar-refractivity contribution in [3.8, 4) is 0 Å². The molecule has 1 aromatic rings. The fourth-order valence-corrected chi connectivity index (χ4v) is 1.62. The van der Waals surface area contributed by atoms with E-state index < -0.39 is 0 Å². The van der Waals surface area contributed by atoms with E-state index >= 15 is 0 Å². The van der Waals surface area contributed by atoms with Crippen LogP contribution in [0.4, 0.5) is 0 Å². The number of unbranched alkanes of at least 4 members (excludes halogenated alkanes) is 3. The third-order valence-corrected chi connectivity index (χ3v) is 2.56. The number of hydrogen-bond acceptors (Lipinski definition) is 3. The van der Waals surface area contributed by atoms with Gasteiger partial charge in [0.2, 0.25) is 0 Å². The van der Waals surface area contributed by atoms with Crippen LogP contribution in [0.3, 0.4) is 0 Å². The Morgan fingerprint density at radius 3 is 2.56 bits per heavy atom. The first-order valence-electron chi connectivity index (χ1n) is 6.18. The Balaban J connectivity index is 1.89. The van der Waals surface area contributed by atoms with Gasteiger partial charge in [0.1, 0.15) is 0 Å². The van der Waals surface area contributed by atoms with E-state index in [4.69, 9.17) is 0 Å². The monoisotopic (exact) mass is 221 g/mol. The van der Waals surface area contributed by atoms with E-state index in [1.165, 1.54) is 25.7 Å². The standard InChI is InChI=1S/C13H23N3/c1-14-9-5-2-3-6-10-15-12-13-8-4-7-11-16-13/h4,7-8,11,14-15H,2-3,5-6,9-10,12H2,1H3. The van der Waals surface area contributed by atoms with Gasteiger partial charge < -0.3 is 10.6 Å². The van der Waals surface area contributed by atoms with Crippen molar-refractivity contribution in [1.82, 2.24) is 15.6 Å². The van der Waals surface area contributed by atoms with Gasteiger partial charge >= 0.3 is 0 Å². The topological polar surface area (TPSA) is 37.0 Å². The van der Waals surface area contributed by atoms with Crippen molar-refractivity contribution >= 4 is 0 Å². The van der Waals surface area contributed by atoms with Crippen LogP contribution in [0.5, 0.6) is 0 Å². The highest BCUT2D eigenvalue weighted by Gasteiger charge is 1.92. The molecule has 1 aromatic heterocycles. The molecule has 3 nitrogen and oxygen atoms in total. The third kappa shape index (κ3) is 6.53. The molecule has 0 aliphatic heterocycles. The summed E-state index contributed by atoms with van der Waals surface area (Å²) in [6.45, 7) is 3.12. The lowest BCUT2D eigenvalue weighted by molar-refractivity contribution is 0.574. The van der Waals surface area contributed by atoms with Crippen molar-refractivity contribution in [3.05, 3.63) is 30.1 Å². The second kappa shape index (κ2) is 9.31. The Hall–Kier alpha value is -0.930. The Morgan fingerprint density at radius 1 is 1.06 bits per heavy atom. The minimum Gasteiger partial charge on any atom is -0.320 e. The molecular weight excluding hydrogens is 198 g/mol. The van der Waals surface area contributed by atoms with Crippen LogP contribution < -0.4 is 10.6 Å². The van der Waals surface area contributed by atoms with Crippen LogP contribution in [0.2, 0.25) is 0 Å². The summed E-state index contributed by atoms with van der Waals surface area (Å²) in [6.07, 6.45) is 7.03. The maximum absolute atomic E-state index is 4.27. The van der Waals surface area contributed by atoms with Crippen molar-refractivity contribution < 1.29 is 0 Å². The Kier molecular flexibility index (Phi) is 7.64. The first-order chi connectivity index (χ1) is 7.93. The molecule has 0 radical (unpaired) electrons. The van der Waals surface area contributed by atoms with Crippen LogP contribution in [0, 0.1) is 0 Å². The van der Waals surface area contributed by atoms with Gasteiger partial charge in [-0.2, -0.15) is 0 Å². The molecule has 0 aliphatic carbocycles. The summed E-state index contributed by atoms with van der Waals surface area (Å²) < 4.78 is 0. The predicted octanol–water partition coefficient (Wildman–Crippen LogP) is 1.95. The van der Waals surface area contributed by atoms with Gasteiger partial charge in [0.25, 0.3) is 0 Å². The molecule has 0 unspecified atom stereocenters. The lowest BCUT2D eigenvalue weighted by Crippen LogP contribution is -2.15. The third-order valence-electron chi connectivity index (χ3n) is 2.56. The van der Waals surface area contributed by atoms with Crippen molar-refractivity contribution in [1.29, 1.82) is 0 Å². The maximum atomic E-state index is 4.27. The quantitative estimate of drug-likeness (QED) is 0.626. The van der Waals surface area contributed by atoms with Crippen LogP contribution in [0.1, 0.15) is 31.4 Å². The highest BCUT2D eigenvalue weighted by atomic mass is 14.9. The molecule has 0 amide bonds. The van der Waals surface area contributed by atoms with Gasteiger partial charge in [0.05, 0.1) is 5.69 Å². The lowest BCUT2D eigenvalue weighted by Gasteiger charge is -2.04. The summed E-state index contributed by atoms with van der Waals surface area (Å²) in [5.74, 6) is 0. The van der Waals surface area contributed by atoms with E-state index in [1.807, 2.05) is 25.4 Å². The molecule has 0 fully saturated rings. The smallest absolute Gasteiger partial charge is 0.0541 e. The molecule has 0 atom stereocenters. The normalized spacial score (nSPS) is 10.6. The van der Waals surface area contributed by atoms with Crippen LogP contribution in [-0.2, 0) is 6.54 Å². The van der Waals surface area contributed by atoms with Gasteiger partial charge in [0, 0.05) is 12.7 Å². The van der Waals surface area contributed by atoms with Gasteiger partial charge in [0.15, 0.2) is 0 Å². The molecule has 0 saturated carbocycles. The molecule has 0 spiro atoms. The second-order valence-electron chi connectivity index (χ2n) is 4.02. The summed E-state index contributed by atoms with van der Waals surface area (Å²) in [4.78, 5) is 4.27. The molecule has 3 heteroatoms. The molecular formula is C13H23N3. The molecule has 0 saturated heterocycles. The number of rotatable bonds is 9. The first-order valence-corrected chi connectivity index (χ1v) is 6.18. The minimum absolute atomic E-state index is 0.886. The minimum atomic E-state index is 0.886. The van der Waals surface area contributed by atoms with Crippen molar-refractivity contribution in [2.75, 3.05) is 20.1 Å². The number of nitrogens with one attached hydrogen (secondary N) is 2. The summed E-state index contributed by atoms with van der Waals surface area (Å²) in [6, 6.07) is 6.03. The number of pyridine rings is 1. The Labute approximate surface area is 98.7 Å². The van der Waals surface area contributed by atoms with Crippen LogP contribution in [-0.4, -0.2) is 25.1 Å². The van der Waals surface area contributed by atoms with Gasteiger partial charge in [-0.3, -0.25) is 4.98 Å². The predicted molar refractivity (Wildman–Crippen MR) is 68.3 cm³/mol. The zero-order chi connectivity index (χ0) is 11.5. The molecule has 0 aromatic carbocycles. The zero-order valence-electron chi connectivity index (χ0n) is 10.2. The Bertz CT molecular complexity index is 249. The molecule has 90 valence electrons. The van der Waals surface area contributed by atoms with Crippen molar-refractivity contribution in [2.24, 2.45) is 0 Å². The summed E-state index contributed by atoms with van der Waals surface area (Å²) >= 11 is 0. The number of hydrogen-bond donors (Lipinski definition) is 2. The van der Waals surface area contributed by atoms with E-state index in [9.17, 15) is 0 Å². The van der Waals surface area contributed by atoms with Crippen LogP contribution in [0.25, 0.3) is 0 Å². The van der Waals surface area contributed by atoms with E-state index in [1.54, 1.807) is 0 Å². The van der Waals surface area contributed by atoms with E-state index in [2.05, 4.69) is 21.7 Å². The zero-order valence-corrected chi connectivity index (χ0v) is 10.2. The summed E-state index contributed by atoms with van der Waals surface area (Å²) in [5, 5.41) is 6.58. The second-order valence-corrected chi connectivity index (χ2v) is 4.02. The molecule has 16 heavy (non-hydrogen) atoms. The van der Waals surface area contributed by atoms with Crippen LogP contribution >= 0.6 is 0 Å². The average Bonchev–Trinajstić information content (AvgIpc) is 2.34. The first kappa shape index (κ1) is 13.1. The lowest BCUT2D eigenvalue weighted by atomic mass is 10.2. The maximum Gasteiger partial charge on any atom is 0.0541 e. The number of aromatic nitrogens is 1. The van der Waals surface area contributed by atoms with Crippen LogP contribution in [0.15, 0.2) is 24.4 Å². The average molecular weight is 221 g/mol.